The zero-order chi connectivity index (χ0) is 11.3. The minimum absolute atomic E-state index is 0.0249. The average molecular weight is 247 g/mol. The lowest BCUT2D eigenvalue weighted by atomic mass is 10.3. The summed E-state index contributed by atoms with van der Waals surface area (Å²) in [5.41, 5.74) is 0.0249. The van der Waals surface area contributed by atoms with Crippen LogP contribution in [0.25, 0.3) is 0 Å². The lowest BCUT2D eigenvalue weighted by Crippen LogP contribution is -1.88. The first-order chi connectivity index (χ1) is 7.13. The lowest BCUT2D eigenvalue weighted by molar-refractivity contribution is -0.384. The highest BCUT2D eigenvalue weighted by molar-refractivity contribution is 8.00. The van der Waals surface area contributed by atoms with Gasteiger partial charge in [0, 0.05) is 12.1 Å². The van der Waals surface area contributed by atoms with Crippen LogP contribution in [-0.2, 0) is 16.3 Å². The van der Waals surface area contributed by atoms with Gasteiger partial charge < -0.3 is 9.05 Å². The third kappa shape index (κ3) is 3.95. The number of nitrogens with zero attached hydrogens (tertiary/aromatic N) is 1. The van der Waals surface area contributed by atoms with Gasteiger partial charge in [0.05, 0.1) is 11.5 Å². The molecule has 0 spiro atoms. The molecule has 0 aromatic heterocycles. The number of benzene rings is 1. The smallest absolute Gasteiger partial charge is 0.269 e. The standard InChI is InChI=1S/C8H10NO4PS/c1-2-12-14(15)13-8-5-3-7(4-6-8)9(10)11/h3-6,14H,2H2,1H3. The molecule has 0 fully saturated rings. The summed E-state index contributed by atoms with van der Waals surface area (Å²) in [5.74, 6) is 0.498. The second-order valence-electron chi connectivity index (χ2n) is 2.54. The largest absolute Gasteiger partial charge is 0.446 e. The van der Waals surface area contributed by atoms with Crippen LogP contribution >= 0.6 is 7.15 Å². The summed E-state index contributed by atoms with van der Waals surface area (Å²) in [7, 11) is -1.71. The van der Waals surface area contributed by atoms with Gasteiger partial charge in [-0.2, -0.15) is 0 Å². The Hall–Kier alpha value is -0.970. The number of nitro groups is 1. The Labute approximate surface area is 92.7 Å². The van der Waals surface area contributed by atoms with Crippen LogP contribution in [0.4, 0.5) is 5.69 Å². The van der Waals surface area contributed by atoms with E-state index in [2.05, 4.69) is 0 Å². The SMILES string of the molecule is CCO[PH](=S)Oc1ccc([N+](=O)[O-])cc1. The Morgan fingerprint density at radius 1 is 1.47 bits per heavy atom. The summed E-state index contributed by atoms with van der Waals surface area (Å²) in [5, 5.41) is 10.4. The molecule has 1 aromatic carbocycles. The van der Waals surface area contributed by atoms with E-state index in [0.29, 0.717) is 12.4 Å². The van der Waals surface area contributed by atoms with Gasteiger partial charge in [-0.3, -0.25) is 10.1 Å². The molecule has 1 unspecified atom stereocenters. The molecule has 0 saturated heterocycles. The second kappa shape index (κ2) is 5.80. The maximum Gasteiger partial charge on any atom is 0.269 e. The van der Waals surface area contributed by atoms with Gasteiger partial charge in [-0.25, -0.2) is 0 Å². The van der Waals surface area contributed by atoms with Gasteiger partial charge in [0.1, 0.15) is 5.75 Å². The van der Waals surface area contributed by atoms with Gasteiger partial charge in [-0.15, -0.1) is 0 Å². The zero-order valence-corrected chi connectivity index (χ0v) is 9.82. The summed E-state index contributed by atoms with van der Waals surface area (Å²) < 4.78 is 10.3. The molecule has 7 heteroatoms. The molecular formula is C8H10NO4PS. The summed E-state index contributed by atoms with van der Waals surface area (Å²) in [4.78, 5) is 9.90. The molecule has 0 aliphatic rings. The maximum atomic E-state index is 10.4. The second-order valence-corrected chi connectivity index (χ2v) is 4.53. The number of rotatable bonds is 5. The lowest BCUT2D eigenvalue weighted by Gasteiger charge is -2.07. The monoisotopic (exact) mass is 247 g/mol. The molecule has 1 atom stereocenters. The molecule has 0 saturated carbocycles. The van der Waals surface area contributed by atoms with Crippen LogP contribution in [0, 0.1) is 10.1 Å². The Balaban J connectivity index is 2.64. The maximum absolute atomic E-state index is 10.4. The van der Waals surface area contributed by atoms with Crippen molar-refractivity contribution < 1.29 is 14.0 Å². The Kier molecular flexibility index (Phi) is 4.68. The van der Waals surface area contributed by atoms with Gasteiger partial charge in [0.25, 0.3) is 5.69 Å². The van der Waals surface area contributed by atoms with Crippen molar-refractivity contribution in [2.45, 2.75) is 6.92 Å². The predicted octanol–water partition coefficient (Wildman–Crippen LogP) is 2.52. The van der Waals surface area contributed by atoms with Crippen molar-refractivity contribution in [3.8, 4) is 5.75 Å². The van der Waals surface area contributed by atoms with Crippen molar-refractivity contribution >= 4 is 24.6 Å². The third-order valence-electron chi connectivity index (χ3n) is 1.51. The van der Waals surface area contributed by atoms with E-state index in [0.717, 1.165) is 0 Å². The molecule has 0 N–H and O–H groups in total. The molecule has 0 heterocycles. The van der Waals surface area contributed by atoms with Crippen molar-refractivity contribution in [2.75, 3.05) is 6.61 Å². The average Bonchev–Trinajstić information content (AvgIpc) is 2.18. The molecule has 1 rings (SSSR count). The van der Waals surface area contributed by atoms with E-state index < -0.39 is 12.1 Å². The first-order valence-corrected chi connectivity index (χ1v) is 6.67. The van der Waals surface area contributed by atoms with E-state index in [4.69, 9.17) is 20.9 Å². The van der Waals surface area contributed by atoms with Crippen LogP contribution < -0.4 is 4.52 Å². The molecule has 0 aliphatic carbocycles. The van der Waals surface area contributed by atoms with Crippen molar-refractivity contribution in [3.63, 3.8) is 0 Å². The van der Waals surface area contributed by atoms with Gasteiger partial charge in [0.15, 0.2) is 0 Å². The Morgan fingerprint density at radius 3 is 2.53 bits per heavy atom. The van der Waals surface area contributed by atoms with E-state index in [-0.39, 0.29) is 5.69 Å². The normalized spacial score (nSPS) is 12.1. The van der Waals surface area contributed by atoms with Crippen LogP contribution in [0.3, 0.4) is 0 Å². The molecule has 0 amide bonds. The predicted molar refractivity (Wildman–Crippen MR) is 61.0 cm³/mol. The highest BCUT2D eigenvalue weighted by Gasteiger charge is 2.04. The van der Waals surface area contributed by atoms with Crippen LogP contribution in [0.1, 0.15) is 6.92 Å². The summed E-state index contributed by atoms with van der Waals surface area (Å²) >= 11 is 4.93. The Morgan fingerprint density at radius 2 is 2.07 bits per heavy atom. The number of nitro benzene ring substituents is 1. The molecule has 1 aromatic rings. The molecular weight excluding hydrogens is 237 g/mol. The van der Waals surface area contributed by atoms with E-state index in [1.807, 2.05) is 6.92 Å². The van der Waals surface area contributed by atoms with E-state index in [1.54, 1.807) is 0 Å². The topological polar surface area (TPSA) is 61.6 Å². The minimum Gasteiger partial charge on any atom is -0.446 e. The van der Waals surface area contributed by atoms with E-state index in [9.17, 15) is 10.1 Å². The van der Waals surface area contributed by atoms with Gasteiger partial charge >= 0.3 is 0 Å². The Bertz CT molecular complexity index is 367. The zero-order valence-electron chi connectivity index (χ0n) is 8.00. The van der Waals surface area contributed by atoms with Crippen LogP contribution in [0.2, 0.25) is 0 Å². The van der Waals surface area contributed by atoms with Gasteiger partial charge in [-0.1, -0.05) is 0 Å². The third-order valence-corrected chi connectivity index (χ3v) is 3.04. The van der Waals surface area contributed by atoms with Gasteiger partial charge in [0.2, 0.25) is 7.15 Å². The van der Waals surface area contributed by atoms with Crippen LogP contribution in [0.5, 0.6) is 5.75 Å². The highest BCUT2D eigenvalue weighted by atomic mass is 32.4. The fourth-order valence-electron chi connectivity index (χ4n) is 0.879. The number of hydrogen-bond donors (Lipinski definition) is 0. The summed E-state index contributed by atoms with van der Waals surface area (Å²) in [6.07, 6.45) is 0. The molecule has 15 heavy (non-hydrogen) atoms. The van der Waals surface area contributed by atoms with Gasteiger partial charge in [-0.05, 0) is 30.9 Å². The minimum atomic E-state index is -1.71. The van der Waals surface area contributed by atoms with Crippen molar-refractivity contribution in [1.82, 2.24) is 0 Å². The molecule has 0 aliphatic heterocycles. The molecule has 0 radical (unpaired) electrons. The molecule has 5 nitrogen and oxygen atoms in total. The number of hydrogen-bond acceptors (Lipinski definition) is 5. The fourth-order valence-corrected chi connectivity index (χ4v) is 2.14. The van der Waals surface area contributed by atoms with Crippen molar-refractivity contribution in [3.05, 3.63) is 34.4 Å². The summed E-state index contributed by atoms with van der Waals surface area (Å²) in [6, 6.07) is 5.75. The highest BCUT2D eigenvalue weighted by Crippen LogP contribution is 2.29. The first kappa shape index (κ1) is 12.1. The first-order valence-electron chi connectivity index (χ1n) is 4.22. The molecule has 82 valence electrons. The van der Waals surface area contributed by atoms with E-state index >= 15 is 0 Å². The van der Waals surface area contributed by atoms with Crippen LogP contribution in [0.15, 0.2) is 24.3 Å². The van der Waals surface area contributed by atoms with Crippen molar-refractivity contribution in [1.29, 1.82) is 0 Å². The van der Waals surface area contributed by atoms with Crippen LogP contribution in [-0.4, -0.2) is 11.5 Å². The number of non-ortho nitro benzene ring substituents is 1. The van der Waals surface area contributed by atoms with E-state index in [1.165, 1.54) is 24.3 Å². The quantitative estimate of drug-likeness (QED) is 0.454. The fraction of sp³-hybridized carbons (Fsp3) is 0.250. The summed E-state index contributed by atoms with van der Waals surface area (Å²) in [6.45, 7) is 2.33. The van der Waals surface area contributed by atoms with Crippen molar-refractivity contribution in [2.24, 2.45) is 0 Å². The molecule has 0 bridgehead atoms.